The number of halogens is 1. The Labute approximate surface area is 92.3 Å². The Balaban J connectivity index is 2.11. The van der Waals surface area contributed by atoms with Gasteiger partial charge in [-0.25, -0.2) is 4.98 Å². The van der Waals surface area contributed by atoms with Gasteiger partial charge in [0.05, 0.1) is 12.9 Å². The molecule has 1 heterocycles. The van der Waals surface area contributed by atoms with E-state index in [0.29, 0.717) is 10.7 Å². The number of rotatable bonds is 3. The van der Waals surface area contributed by atoms with Gasteiger partial charge >= 0.3 is 0 Å². The number of carbonyl (C=O) groups excluding carboxylic acids is 1. The van der Waals surface area contributed by atoms with E-state index in [2.05, 4.69) is 4.98 Å². The lowest BCUT2D eigenvalue weighted by atomic mass is 10.1. The van der Waals surface area contributed by atoms with E-state index >= 15 is 0 Å². The molecule has 2 rings (SSSR count). The highest BCUT2D eigenvalue weighted by atomic mass is 35.5. The second-order valence-electron chi connectivity index (χ2n) is 3.16. The summed E-state index contributed by atoms with van der Waals surface area (Å²) >= 11 is 5.65. The number of nitrogens with zero attached hydrogens (tertiary/aromatic N) is 2. The van der Waals surface area contributed by atoms with Crippen molar-refractivity contribution in [3.05, 3.63) is 53.6 Å². The smallest absolute Gasteiger partial charge is 0.182 e. The van der Waals surface area contributed by atoms with Crippen LogP contribution in [0.15, 0.2) is 42.9 Å². The Morgan fingerprint density at radius 1 is 1.33 bits per heavy atom. The third kappa shape index (κ3) is 2.44. The van der Waals surface area contributed by atoms with Crippen LogP contribution in [-0.4, -0.2) is 15.3 Å². The Morgan fingerprint density at radius 3 is 2.67 bits per heavy atom. The summed E-state index contributed by atoms with van der Waals surface area (Å²) in [5.74, 6) is 0.0460. The predicted molar refractivity (Wildman–Crippen MR) is 58.0 cm³/mol. The molecule has 0 fully saturated rings. The highest BCUT2D eigenvalue weighted by Crippen LogP contribution is 2.06. The number of Topliss-reactive ketones (excluding diaryl/α,β-unsaturated/α-hetero) is 1. The van der Waals surface area contributed by atoms with Gasteiger partial charge in [0.1, 0.15) is 5.15 Å². The fraction of sp³-hybridized carbons (Fsp3) is 0.0909. The van der Waals surface area contributed by atoms with E-state index in [1.807, 2.05) is 18.2 Å². The van der Waals surface area contributed by atoms with Crippen LogP contribution in [0, 0.1) is 0 Å². The number of aromatic nitrogens is 2. The summed E-state index contributed by atoms with van der Waals surface area (Å²) in [6.07, 6.45) is 3.17. The molecule has 1 aromatic carbocycles. The fourth-order valence-electron chi connectivity index (χ4n) is 1.30. The van der Waals surface area contributed by atoms with Crippen molar-refractivity contribution < 1.29 is 4.79 Å². The number of carbonyl (C=O) groups is 1. The molecule has 0 radical (unpaired) electrons. The molecule has 0 atom stereocenters. The molecule has 0 amide bonds. The molecular weight excluding hydrogens is 212 g/mol. The molecule has 0 aliphatic carbocycles. The Bertz CT molecular complexity index is 464. The van der Waals surface area contributed by atoms with E-state index in [1.165, 1.54) is 0 Å². The zero-order valence-corrected chi connectivity index (χ0v) is 8.69. The molecule has 0 saturated heterocycles. The lowest BCUT2D eigenvalue weighted by Gasteiger charge is -2.00. The molecule has 0 aliphatic heterocycles. The standard InChI is InChI=1S/C11H9ClN2O/c12-11-7-14(8-13-11)6-10(15)9-4-2-1-3-5-9/h1-5,7-8H,6H2. The number of hydrogen-bond acceptors (Lipinski definition) is 2. The zero-order valence-electron chi connectivity index (χ0n) is 7.93. The molecule has 0 unspecified atom stereocenters. The van der Waals surface area contributed by atoms with Crippen LogP contribution in [-0.2, 0) is 6.54 Å². The van der Waals surface area contributed by atoms with Crippen molar-refractivity contribution >= 4 is 17.4 Å². The van der Waals surface area contributed by atoms with Gasteiger partial charge in [-0.3, -0.25) is 4.79 Å². The third-order valence-corrected chi connectivity index (χ3v) is 2.22. The maximum absolute atomic E-state index is 11.7. The summed E-state index contributed by atoms with van der Waals surface area (Å²) in [6, 6.07) is 9.15. The molecule has 76 valence electrons. The fourth-order valence-corrected chi connectivity index (χ4v) is 1.47. The maximum Gasteiger partial charge on any atom is 0.182 e. The van der Waals surface area contributed by atoms with Crippen LogP contribution in [0.2, 0.25) is 5.15 Å². The number of benzene rings is 1. The molecule has 3 nitrogen and oxygen atoms in total. The molecule has 2 aromatic rings. The van der Waals surface area contributed by atoms with Crippen LogP contribution < -0.4 is 0 Å². The Kier molecular flexibility index (Phi) is 2.83. The molecule has 15 heavy (non-hydrogen) atoms. The van der Waals surface area contributed by atoms with Gasteiger partial charge in [0, 0.05) is 11.8 Å². The van der Waals surface area contributed by atoms with Crippen LogP contribution in [0.3, 0.4) is 0 Å². The van der Waals surface area contributed by atoms with Gasteiger partial charge in [-0.05, 0) is 0 Å². The van der Waals surface area contributed by atoms with Crippen molar-refractivity contribution in [1.29, 1.82) is 0 Å². The maximum atomic E-state index is 11.7. The first kappa shape index (κ1) is 9.93. The molecule has 0 N–H and O–H groups in total. The van der Waals surface area contributed by atoms with Crippen molar-refractivity contribution in [1.82, 2.24) is 9.55 Å². The predicted octanol–water partition coefficient (Wildman–Crippen LogP) is 2.42. The molecule has 4 heteroatoms. The van der Waals surface area contributed by atoms with Gasteiger partial charge in [0.2, 0.25) is 0 Å². The van der Waals surface area contributed by atoms with Gasteiger partial charge in [0.25, 0.3) is 0 Å². The van der Waals surface area contributed by atoms with Crippen LogP contribution >= 0.6 is 11.6 Å². The lowest BCUT2D eigenvalue weighted by molar-refractivity contribution is 0.0972. The van der Waals surface area contributed by atoms with Gasteiger partial charge in [-0.1, -0.05) is 41.9 Å². The summed E-state index contributed by atoms with van der Waals surface area (Å²) in [4.78, 5) is 15.6. The van der Waals surface area contributed by atoms with Crippen LogP contribution in [0.5, 0.6) is 0 Å². The van der Waals surface area contributed by atoms with Gasteiger partial charge < -0.3 is 4.57 Å². The van der Waals surface area contributed by atoms with E-state index in [1.54, 1.807) is 29.2 Å². The SMILES string of the molecule is O=C(Cn1cnc(Cl)c1)c1ccccc1. The minimum atomic E-state index is 0.0460. The summed E-state index contributed by atoms with van der Waals surface area (Å²) in [5.41, 5.74) is 0.697. The Hall–Kier alpha value is -1.61. The highest BCUT2D eigenvalue weighted by Gasteiger charge is 2.05. The number of ketones is 1. The summed E-state index contributed by atoms with van der Waals surface area (Å²) in [7, 11) is 0. The number of hydrogen-bond donors (Lipinski definition) is 0. The number of imidazole rings is 1. The van der Waals surface area contributed by atoms with E-state index in [4.69, 9.17) is 11.6 Å². The van der Waals surface area contributed by atoms with Crippen molar-refractivity contribution in [2.45, 2.75) is 6.54 Å². The second-order valence-corrected chi connectivity index (χ2v) is 3.55. The molecule has 0 spiro atoms. The largest absolute Gasteiger partial charge is 0.328 e. The monoisotopic (exact) mass is 220 g/mol. The highest BCUT2D eigenvalue weighted by molar-refractivity contribution is 6.29. The average Bonchev–Trinajstić information content (AvgIpc) is 2.65. The molecule has 0 saturated carbocycles. The molecule has 0 aliphatic rings. The normalized spacial score (nSPS) is 10.2. The van der Waals surface area contributed by atoms with Crippen LogP contribution in [0.25, 0.3) is 0 Å². The first-order valence-corrected chi connectivity index (χ1v) is 4.89. The summed E-state index contributed by atoms with van der Waals surface area (Å²) < 4.78 is 1.66. The van der Waals surface area contributed by atoms with Crippen LogP contribution in [0.1, 0.15) is 10.4 Å². The van der Waals surface area contributed by atoms with Gasteiger partial charge in [-0.15, -0.1) is 0 Å². The van der Waals surface area contributed by atoms with E-state index < -0.39 is 0 Å². The third-order valence-electron chi connectivity index (χ3n) is 2.02. The molecule has 0 bridgehead atoms. The second kappa shape index (κ2) is 4.28. The van der Waals surface area contributed by atoms with Crippen molar-refractivity contribution in [3.8, 4) is 0 Å². The van der Waals surface area contributed by atoms with Gasteiger partial charge in [0.15, 0.2) is 5.78 Å². The van der Waals surface area contributed by atoms with Crippen LogP contribution in [0.4, 0.5) is 0 Å². The zero-order chi connectivity index (χ0) is 10.7. The van der Waals surface area contributed by atoms with Crippen molar-refractivity contribution in [2.24, 2.45) is 0 Å². The Morgan fingerprint density at radius 2 is 2.07 bits per heavy atom. The quantitative estimate of drug-likeness (QED) is 0.745. The first-order valence-electron chi connectivity index (χ1n) is 4.51. The van der Waals surface area contributed by atoms with Crippen molar-refractivity contribution in [3.63, 3.8) is 0 Å². The van der Waals surface area contributed by atoms with E-state index in [9.17, 15) is 4.79 Å². The van der Waals surface area contributed by atoms with E-state index in [-0.39, 0.29) is 12.3 Å². The van der Waals surface area contributed by atoms with Gasteiger partial charge in [-0.2, -0.15) is 0 Å². The molecule has 1 aromatic heterocycles. The minimum absolute atomic E-state index is 0.0460. The minimum Gasteiger partial charge on any atom is -0.328 e. The average molecular weight is 221 g/mol. The lowest BCUT2D eigenvalue weighted by Crippen LogP contribution is -2.08. The summed E-state index contributed by atoms with van der Waals surface area (Å²) in [6.45, 7) is 0.268. The molecular formula is C11H9ClN2O. The first-order chi connectivity index (χ1) is 7.25. The van der Waals surface area contributed by atoms with Crippen molar-refractivity contribution in [2.75, 3.05) is 0 Å². The topological polar surface area (TPSA) is 34.9 Å². The van der Waals surface area contributed by atoms with E-state index in [0.717, 1.165) is 0 Å². The summed E-state index contributed by atoms with van der Waals surface area (Å²) in [5, 5.41) is 0.399.